The number of para-hydroxylation sites is 2. The smallest absolute Gasteiger partial charge is 0.257 e. The Kier molecular flexibility index (Phi) is 5.06. The number of carbonyl (C=O) groups excluding carboxylic acids is 2. The highest BCUT2D eigenvalue weighted by atomic mass is 19.1. The van der Waals surface area contributed by atoms with Crippen LogP contribution < -0.4 is 10.2 Å². The molecule has 3 heterocycles. The molecule has 3 aromatic carbocycles. The van der Waals surface area contributed by atoms with E-state index in [2.05, 4.69) is 26.9 Å². The summed E-state index contributed by atoms with van der Waals surface area (Å²) in [7, 11) is 2.03. The SMILES string of the molecule is CN1c2ccccc2C(=O)N2CCc3c(n(CCC(=O)Nc4ccc(F)cc4)c4ccccc34)[C@@H]21. The highest BCUT2D eigenvalue weighted by Crippen LogP contribution is 2.44. The molecule has 2 aliphatic heterocycles. The molecular weight excluding hydrogens is 443 g/mol. The van der Waals surface area contributed by atoms with Crippen LogP contribution in [0.25, 0.3) is 10.9 Å². The molecule has 0 saturated heterocycles. The van der Waals surface area contributed by atoms with Crippen LogP contribution in [-0.4, -0.2) is 34.9 Å². The van der Waals surface area contributed by atoms with Crippen molar-refractivity contribution < 1.29 is 14.0 Å². The largest absolute Gasteiger partial charge is 0.349 e. The minimum absolute atomic E-state index is 0.0419. The Morgan fingerprint density at radius 2 is 1.77 bits per heavy atom. The first-order valence-electron chi connectivity index (χ1n) is 11.8. The molecule has 0 spiro atoms. The average molecular weight is 469 g/mol. The van der Waals surface area contributed by atoms with Crippen LogP contribution in [0.1, 0.15) is 34.2 Å². The number of amides is 2. The van der Waals surface area contributed by atoms with Gasteiger partial charge in [0.2, 0.25) is 5.91 Å². The Labute approximate surface area is 202 Å². The lowest BCUT2D eigenvalue weighted by Crippen LogP contribution is -2.51. The number of nitrogens with zero attached hydrogens (tertiary/aromatic N) is 3. The number of anilines is 2. The Morgan fingerprint density at radius 1 is 1.03 bits per heavy atom. The average Bonchev–Trinajstić information content (AvgIpc) is 3.21. The highest BCUT2D eigenvalue weighted by molar-refractivity contribution is 6.02. The van der Waals surface area contributed by atoms with E-state index >= 15 is 0 Å². The van der Waals surface area contributed by atoms with Gasteiger partial charge in [-0.25, -0.2) is 4.39 Å². The van der Waals surface area contributed by atoms with Crippen LogP contribution in [-0.2, 0) is 17.8 Å². The molecule has 0 aliphatic carbocycles. The number of aromatic nitrogens is 1. The normalized spacial score (nSPS) is 16.6. The summed E-state index contributed by atoms with van der Waals surface area (Å²) in [5.41, 5.74) is 5.57. The summed E-state index contributed by atoms with van der Waals surface area (Å²) >= 11 is 0. The molecule has 1 N–H and O–H groups in total. The van der Waals surface area contributed by atoms with Gasteiger partial charge in [-0.05, 0) is 54.4 Å². The summed E-state index contributed by atoms with van der Waals surface area (Å²) in [5, 5.41) is 4.02. The molecule has 176 valence electrons. The maximum Gasteiger partial charge on any atom is 0.257 e. The van der Waals surface area contributed by atoms with Gasteiger partial charge in [-0.2, -0.15) is 0 Å². The van der Waals surface area contributed by atoms with Crippen molar-refractivity contribution in [3.8, 4) is 0 Å². The van der Waals surface area contributed by atoms with E-state index in [0.29, 0.717) is 18.8 Å². The Hall–Kier alpha value is -4.13. The maximum atomic E-state index is 13.4. The number of nitrogens with one attached hydrogen (secondary N) is 1. The lowest BCUT2D eigenvalue weighted by molar-refractivity contribution is -0.116. The molecule has 2 aliphatic rings. The van der Waals surface area contributed by atoms with Crippen LogP contribution in [0.2, 0.25) is 0 Å². The summed E-state index contributed by atoms with van der Waals surface area (Å²) in [5.74, 6) is -0.444. The molecule has 2 amide bonds. The second kappa shape index (κ2) is 8.27. The van der Waals surface area contributed by atoms with Crippen molar-refractivity contribution >= 4 is 34.1 Å². The van der Waals surface area contributed by atoms with Gasteiger partial charge in [0.15, 0.2) is 0 Å². The van der Waals surface area contributed by atoms with Crippen molar-refractivity contribution in [1.82, 2.24) is 9.47 Å². The Balaban J connectivity index is 1.38. The summed E-state index contributed by atoms with van der Waals surface area (Å²) in [6.07, 6.45) is 0.778. The molecule has 0 unspecified atom stereocenters. The molecular formula is C28H25FN4O2. The van der Waals surface area contributed by atoms with Gasteiger partial charge in [0.25, 0.3) is 5.91 Å². The van der Waals surface area contributed by atoms with Crippen molar-refractivity contribution in [2.24, 2.45) is 0 Å². The first kappa shape index (κ1) is 21.4. The zero-order valence-electron chi connectivity index (χ0n) is 19.4. The Bertz CT molecular complexity index is 1460. The predicted molar refractivity (Wildman–Crippen MR) is 134 cm³/mol. The Morgan fingerprint density at radius 3 is 2.60 bits per heavy atom. The van der Waals surface area contributed by atoms with E-state index in [4.69, 9.17) is 0 Å². The van der Waals surface area contributed by atoms with Crippen molar-refractivity contribution in [3.05, 3.63) is 95.4 Å². The lowest BCUT2D eigenvalue weighted by atomic mass is 9.96. The molecule has 35 heavy (non-hydrogen) atoms. The van der Waals surface area contributed by atoms with Crippen molar-refractivity contribution in [3.63, 3.8) is 0 Å². The van der Waals surface area contributed by atoms with Gasteiger partial charge in [-0.15, -0.1) is 0 Å². The van der Waals surface area contributed by atoms with Crippen LogP contribution in [0, 0.1) is 5.82 Å². The number of hydrogen-bond donors (Lipinski definition) is 1. The van der Waals surface area contributed by atoms with Gasteiger partial charge >= 0.3 is 0 Å². The maximum absolute atomic E-state index is 13.4. The van der Waals surface area contributed by atoms with E-state index in [0.717, 1.165) is 28.9 Å². The van der Waals surface area contributed by atoms with Gasteiger partial charge in [0.05, 0.1) is 16.9 Å². The molecule has 1 atom stereocenters. The molecule has 6 rings (SSSR count). The van der Waals surface area contributed by atoms with Crippen molar-refractivity contribution in [2.75, 3.05) is 23.8 Å². The monoisotopic (exact) mass is 468 g/mol. The van der Waals surface area contributed by atoms with Crippen molar-refractivity contribution in [2.45, 2.75) is 25.6 Å². The number of rotatable bonds is 4. The zero-order chi connectivity index (χ0) is 24.1. The first-order valence-corrected chi connectivity index (χ1v) is 11.8. The predicted octanol–water partition coefficient (Wildman–Crippen LogP) is 4.96. The van der Waals surface area contributed by atoms with E-state index in [1.807, 2.05) is 48.3 Å². The number of benzene rings is 3. The van der Waals surface area contributed by atoms with Gasteiger partial charge < -0.3 is 19.7 Å². The fraction of sp³-hybridized carbons (Fsp3) is 0.214. The van der Waals surface area contributed by atoms with E-state index in [-0.39, 0.29) is 30.2 Å². The van der Waals surface area contributed by atoms with Crippen LogP contribution in [0.5, 0.6) is 0 Å². The number of fused-ring (bicyclic) bond motifs is 6. The van der Waals surface area contributed by atoms with Crippen molar-refractivity contribution in [1.29, 1.82) is 0 Å². The van der Waals surface area contributed by atoms with E-state index < -0.39 is 0 Å². The third-order valence-corrected chi connectivity index (χ3v) is 7.10. The third-order valence-electron chi connectivity index (χ3n) is 7.10. The summed E-state index contributed by atoms with van der Waals surface area (Å²) in [6.45, 7) is 1.12. The summed E-state index contributed by atoms with van der Waals surface area (Å²) < 4.78 is 15.4. The number of aryl methyl sites for hydroxylation is 1. The number of carbonyl (C=O) groups is 2. The van der Waals surface area contributed by atoms with Crippen LogP contribution in [0.4, 0.5) is 15.8 Å². The van der Waals surface area contributed by atoms with E-state index in [1.54, 1.807) is 12.1 Å². The quantitative estimate of drug-likeness (QED) is 0.461. The lowest BCUT2D eigenvalue weighted by Gasteiger charge is -2.46. The van der Waals surface area contributed by atoms with Crippen LogP contribution >= 0.6 is 0 Å². The fourth-order valence-electron chi connectivity index (χ4n) is 5.52. The molecule has 0 radical (unpaired) electrons. The van der Waals surface area contributed by atoms with Crippen LogP contribution in [0.15, 0.2) is 72.8 Å². The fourth-order valence-corrected chi connectivity index (χ4v) is 5.52. The van der Waals surface area contributed by atoms with Gasteiger partial charge in [0, 0.05) is 43.1 Å². The molecule has 7 heteroatoms. The van der Waals surface area contributed by atoms with E-state index in [9.17, 15) is 14.0 Å². The molecule has 0 bridgehead atoms. The molecule has 6 nitrogen and oxygen atoms in total. The zero-order valence-corrected chi connectivity index (χ0v) is 19.4. The molecule has 0 fully saturated rings. The minimum Gasteiger partial charge on any atom is -0.349 e. The second-order valence-electron chi connectivity index (χ2n) is 9.09. The molecule has 1 aromatic heterocycles. The number of hydrogen-bond acceptors (Lipinski definition) is 3. The molecule has 0 saturated carbocycles. The summed E-state index contributed by atoms with van der Waals surface area (Å²) in [6, 6.07) is 21.7. The topological polar surface area (TPSA) is 57.6 Å². The van der Waals surface area contributed by atoms with Gasteiger partial charge in [-0.1, -0.05) is 30.3 Å². The first-order chi connectivity index (χ1) is 17.0. The van der Waals surface area contributed by atoms with E-state index in [1.165, 1.54) is 23.1 Å². The number of halogens is 1. The molecule has 4 aromatic rings. The minimum atomic E-state index is -0.342. The standard InChI is InChI=1S/C28H25FN4O2/c1-31-23-8-4-3-7-22(23)28(35)33-16-14-21-20-6-2-5-9-24(20)32(26(21)27(31)33)17-15-25(34)30-19-12-10-18(29)11-13-19/h2-13,27H,14-17H2,1H3,(H,30,34)/t27-/m1/s1. The van der Waals surface area contributed by atoms with Gasteiger partial charge in [0.1, 0.15) is 12.0 Å². The highest BCUT2D eigenvalue weighted by Gasteiger charge is 2.42. The third kappa shape index (κ3) is 3.46. The van der Waals surface area contributed by atoms with Gasteiger partial charge in [-0.3, -0.25) is 9.59 Å². The van der Waals surface area contributed by atoms with Crippen LogP contribution in [0.3, 0.4) is 0 Å². The second-order valence-corrected chi connectivity index (χ2v) is 9.09. The summed E-state index contributed by atoms with van der Waals surface area (Å²) in [4.78, 5) is 30.3.